The lowest BCUT2D eigenvalue weighted by atomic mass is 10.1. The summed E-state index contributed by atoms with van der Waals surface area (Å²) in [6, 6.07) is 5.58. The predicted octanol–water partition coefficient (Wildman–Crippen LogP) is 2.74. The van der Waals surface area contributed by atoms with Crippen molar-refractivity contribution in [2.75, 3.05) is 5.48 Å². The third-order valence-electron chi connectivity index (χ3n) is 2.13. The van der Waals surface area contributed by atoms with Gasteiger partial charge in [0.25, 0.3) is 0 Å². The van der Waals surface area contributed by atoms with E-state index in [2.05, 4.69) is 5.48 Å². The second-order valence-electron chi connectivity index (χ2n) is 3.34. The SMILES string of the molecule is CCC(C)C(=O)ONc1ccc(F)cc1. The molecule has 0 aromatic heterocycles. The highest BCUT2D eigenvalue weighted by Gasteiger charge is 2.11. The summed E-state index contributed by atoms with van der Waals surface area (Å²) in [7, 11) is 0. The molecule has 0 aliphatic rings. The zero-order chi connectivity index (χ0) is 11.3. The number of hydrogen-bond donors (Lipinski definition) is 1. The second kappa shape index (κ2) is 5.34. The Hall–Kier alpha value is -1.58. The Morgan fingerprint density at radius 1 is 1.47 bits per heavy atom. The first kappa shape index (κ1) is 11.5. The van der Waals surface area contributed by atoms with Crippen LogP contribution in [-0.2, 0) is 9.63 Å². The van der Waals surface area contributed by atoms with Crippen LogP contribution in [0.4, 0.5) is 10.1 Å². The van der Waals surface area contributed by atoms with Gasteiger partial charge in [-0.3, -0.25) is 0 Å². The monoisotopic (exact) mass is 211 g/mol. The van der Waals surface area contributed by atoms with Crippen molar-refractivity contribution in [3.05, 3.63) is 30.1 Å². The van der Waals surface area contributed by atoms with E-state index in [1.807, 2.05) is 6.92 Å². The van der Waals surface area contributed by atoms with E-state index in [-0.39, 0.29) is 17.7 Å². The maximum absolute atomic E-state index is 12.5. The summed E-state index contributed by atoms with van der Waals surface area (Å²) in [5.74, 6) is -0.784. The molecule has 3 nitrogen and oxygen atoms in total. The molecule has 1 unspecified atom stereocenters. The Morgan fingerprint density at radius 3 is 2.60 bits per heavy atom. The molecule has 4 heteroatoms. The topological polar surface area (TPSA) is 38.3 Å². The maximum atomic E-state index is 12.5. The molecule has 0 fully saturated rings. The average molecular weight is 211 g/mol. The zero-order valence-corrected chi connectivity index (χ0v) is 8.79. The second-order valence-corrected chi connectivity index (χ2v) is 3.34. The average Bonchev–Trinajstić information content (AvgIpc) is 2.26. The quantitative estimate of drug-likeness (QED) is 0.778. The molecule has 0 saturated heterocycles. The highest BCUT2D eigenvalue weighted by Crippen LogP contribution is 2.09. The standard InChI is InChI=1S/C11H14FNO2/c1-3-8(2)11(14)15-13-10-6-4-9(12)5-7-10/h4-8,13H,3H2,1-2H3. The van der Waals surface area contributed by atoms with Gasteiger partial charge in [0.1, 0.15) is 5.82 Å². The van der Waals surface area contributed by atoms with Crippen molar-refractivity contribution in [2.24, 2.45) is 5.92 Å². The lowest BCUT2D eigenvalue weighted by Gasteiger charge is -2.09. The summed E-state index contributed by atoms with van der Waals surface area (Å²) in [6.45, 7) is 3.69. The molecule has 0 radical (unpaired) electrons. The molecule has 0 saturated carbocycles. The van der Waals surface area contributed by atoms with Gasteiger partial charge in [0.05, 0.1) is 11.6 Å². The minimum Gasteiger partial charge on any atom is -0.343 e. The van der Waals surface area contributed by atoms with Crippen molar-refractivity contribution in [1.82, 2.24) is 0 Å². The first-order chi connectivity index (χ1) is 7.13. The Labute approximate surface area is 88.2 Å². The van der Waals surface area contributed by atoms with Gasteiger partial charge < -0.3 is 4.84 Å². The van der Waals surface area contributed by atoms with E-state index >= 15 is 0 Å². The molecule has 15 heavy (non-hydrogen) atoms. The third kappa shape index (κ3) is 3.58. The van der Waals surface area contributed by atoms with Gasteiger partial charge in [-0.15, -0.1) is 0 Å². The fourth-order valence-electron chi connectivity index (χ4n) is 0.894. The number of hydrogen-bond acceptors (Lipinski definition) is 3. The number of rotatable bonds is 4. The van der Waals surface area contributed by atoms with Crippen LogP contribution in [0.3, 0.4) is 0 Å². The van der Waals surface area contributed by atoms with Crippen molar-refractivity contribution >= 4 is 11.7 Å². The van der Waals surface area contributed by atoms with Gasteiger partial charge in [-0.1, -0.05) is 13.8 Å². The van der Waals surface area contributed by atoms with Crippen LogP contribution < -0.4 is 5.48 Å². The summed E-state index contributed by atoms with van der Waals surface area (Å²) in [5, 5.41) is 0. The molecule has 0 amide bonds. The van der Waals surface area contributed by atoms with E-state index in [0.717, 1.165) is 6.42 Å². The van der Waals surface area contributed by atoms with Crippen LogP contribution in [0.25, 0.3) is 0 Å². The van der Waals surface area contributed by atoms with Crippen LogP contribution in [-0.4, -0.2) is 5.97 Å². The van der Waals surface area contributed by atoms with Gasteiger partial charge in [-0.2, -0.15) is 0 Å². The number of benzene rings is 1. The Balaban J connectivity index is 2.43. The van der Waals surface area contributed by atoms with E-state index in [0.29, 0.717) is 5.69 Å². The predicted molar refractivity (Wildman–Crippen MR) is 55.6 cm³/mol. The molecule has 1 aromatic carbocycles. The minimum absolute atomic E-state index is 0.141. The molecular formula is C11H14FNO2. The van der Waals surface area contributed by atoms with Crippen molar-refractivity contribution in [2.45, 2.75) is 20.3 Å². The Kier molecular flexibility index (Phi) is 4.09. The van der Waals surface area contributed by atoms with Crippen molar-refractivity contribution in [3.63, 3.8) is 0 Å². The van der Waals surface area contributed by atoms with Crippen LogP contribution in [0.2, 0.25) is 0 Å². The molecule has 0 spiro atoms. The van der Waals surface area contributed by atoms with Crippen molar-refractivity contribution in [1.29, 1.82) is 0 Å². The molecule has 1 atom stereocenters. The molecule has 0 aliphatic carbocycles. The summed E-state index contributed by atoms with van der Waals surface area (Å²) in [5.41, 5.74) is 3.02. The first-order valence-corrected chi connectivity index (χ1v) is 4.85. The van der Waals surface area contributed by atoms with E-state index < -0.39 is 0 Å². The molecule has 0 aliphatic heterocycles. The normalized spacial score (nSPS) is 11.9. The molecule has 82 valence electrons. The number of nitrogens with one attached hydrogen (secondary N) is 1. The summed E-state index contributed by atoms with van der Waals surface area (Å²) in [4.78, 5) is 16.1. The van der Waals surface area contributed by atoms with Crippen LogP contribution in [0, 0.1) is 11.7 Å². The Bertz CT molecular complexity index is 324. The smallest absolute Gasteiger partial charge is 0.334 e. The molecule has 1 rings (SSSR count). The largest absolute Gasteiger partial charge is 0.343 e. The van der Waals surface area contributed by atoms with Gasteiger partial charge in [-0.25, -0.2) is 14.7 Å². The van der Waals surface area contributed by atoms with Gasteiger partial charge in [-0.05, 0) is 30.7 Å². The zero-order valence-electron chi connectivity index (χ0n) is 8.79. The van der Waals surface area contributed by atoms with Gasteiger partial charge in [0.15, 0.2) is 0 Å². The van der Waals surface area contributed by atoms with Gasteiger partial charge >= 0.3 is 5.97 Å². The van der Waals surface area contributed by atoms with Gasteiger partial charge in [0.2, 0.25) is 0 Å². The lowest BCUT2D eigenvalue weighted by molar-refractivity contribution is -0.144. The van der Waals surface area contributed by atoms with Crippen molar-refractivity contribution < 1.29 is 14.0 Å². The summed E-state index contributed by atoms with van der Waals surface area (Å²) < 4.78 is 12.5. The number of halogens is 1. The highest BCUT2D eigenvalue weighted by molar-refractivity contribution is 5.72. The molecule has 0 bridgehead atoms. The van der Waals surface area contributed by atoms with Gasteiger partial charge in [0, 0.05) is 0 Å². The lowest BCUT2D eigenvalue weighted by Crippen LogP contribution is -2.17. The first-order valence-electron chi connectivity index (χ1n) is 4.85. The van der Waals surface area contributed by atoms with Crippen LogP contribution >= 0.6 is 0 Å². The Morgan fingerprint density at radius 2 is 2.07 bits per heavy atom. The fraction of sp³-hybridized carbons (Fsp3) is 0.364. The molecule has 0 heterocycles. The summed E-state index contributed by atoms with van der Waals surface area (Å²) in [6.07, 6.45) is 0.726. The van der Waals surface area contributed by atoms with Crippen LogP contribution in [0.1, 0.15) is 20.3 Å². The number of anilines is 1. The van der Waals surface area contributed by atoms with E-state index in [9.17, 15) is 9.18 Å². The third-order valence-corrected chi connectivity index (χ3v) is 2.13. The van der Waals surface area contributed by atoms with Crippen LogP contribution in [0.5, 0.6) is 0 Å². The summed E-state index contributed by atoms with van der Waals surface area (Å²) >= 11 is 0. The molecule has 1 N–H and O–H groups in total. The minimum atomic E-state index is -0.325. The van der Waals surface area contributed by atoms with E-state index in [1.54, 1.807) is 6.92 Å². The van der Waals surface area contributed by atoms with E-state index in [1.165, 1.54) is 24.3 Å². The van der Waals surface area contributed by atoms with Crippen LogP contribution in [0.15, 0.2) is 24.3 Å². The number of carbonyl (C=O) groups is 1. The van der Waals surface area contributed by atoms with E-state index in [4.69, 9.17) is 4.84 Å². The molecule has 1 aromatic rings. The fourth-order valence-corrected chi connectivity index (χ4v) is 0.894. The highest BCUT2D eigenvalue weighted by atomic mass is 19.1. The maximum Gasteiger partial charge on any atom is 0.334 e. The molecular weight excluding hydrogens is 197 g/mol. The number of carbonyl (C=O) groups excluding carboxylic acids is 1. The van der Waals surface area contributed by atoms with Crippen molar-refractivity contribution in [3.8, 4) is 0 Å².